The van der Waals surface area contributed by atoms with E-state index >= 15 is 0 Å². The van der Waals surface area contributed by atoms with Crippen molar-refractivity contribution in [3.05, 3.63) is 48.4 Å². The molecular formula is C25H38N4O5S. The van der Waals surface area contributed by atoms with Gasteiger partial charge >= 0.3 is 6.09 Å². The molecular weight excluding hydrogens is 468 g/mol. The third-order valence-electron chi connectivity index (χ3n) is 6.12. The van der Waals surface area contributed by atoms with Crippen LogP contribution in [0.1, 0.15) is 58.4 Å². The molecule has 0 radical (unpaired) electrons. The topological polar surface area (TPSA) is 105 Å². The van der Waals surface area contributed by atoms with Crippen molar-refractivity contribution in [3.8, 4) is 0 Å². The van der Waals surface area contributed by atoms with Gasteiger partial charge in [0.2, 0.25) is 0 Å². The van der Waals surface area contributed by atoms with Gasteiger partial charge < -0.3 is 19.3 Å². The van der Waals surface area contributed by atoms with Crippen LogP contribution in [0.3, 0.4) is 0 Å². The summed E-state index contributed by atoms with van der Waals surface area (Å²) in [6, 6.07) is 9.17. The molecule has 3 atom stereocenters. The Bertz CT molecular complexity index is 1080. The molecule has 1 aromatic heterocycles. The van der Waals surface area contributed by atoms with Gasteiger partial charge in [-0.25, -0.2) is 18.2 Å². The minimum Gasteiger partial charge on any atom is -0.444 e. The van der Waals surface area contributed by atoms with Crippen molar-refractivity contribution >= 4 is 16.1 Å². The standard InChI is InChI=1S/C25H38N4O5S/c1-6-10-20(30)13-14-29(24(31)34-25(2,3)4)22-16-28(15-21(22)19-11-8-7-9-12-19)35(32,33)23-17-27(5)18-26-23/h7-9,11-12,17-18,20-22,30H,6,10,13-16H2,1-5H3/t20?,21-,22+/m1/s1. The fraction of sp³-hybridized carbons (Fsp3) is 0.600. The Hall–Kier alpha value is -2.43. The van der Waals surface area contributed by atoms with Crippen LogP contribution in [0.4, 0.5) is 4.79 Å². The fourth-order valence-corrected chi connectivity index (χ4v) is 5.87. The van der Waals surface area contributed by atoms with E-state index in [4.69, 9.17) is 4.74 Å². The molecule has 1 amide bonds. The second kappa shape index (κ2) is 11.1. The zero-order valence-corrected chi connectivity index (χ0v) is 22.1. The monoisotopic (exact) mass is 506 g/mol. The zero-order chi connectivity index (χ0) is 25.8. The highest BCUT2D eigenvalue weighted by atomic mass is 32.2. The highest BCUT2D eigenvalue weighted by Crippen LogP contribution is 2.35. The number of carbonyl (C=O) groups excluding carboxylic acids is 1. The molecule has 10 heteroatoms. The summed E-state index contributed by atoms with van der Waals surface area (Å²) in [6.07, 6.45) is 3.73. The van der Waals surface area contributed by atoms with Crippen LogP contribution in [0.25, 0.3) is 0 Å². The SMILES string of the molecule is CCCC(O)CCN(C(=O)OC(C)(C)C)[C@H]1CN(S(=O)(=O)c2cn(C)cn2)C[C@@H]1c1ccccc1. The lowest BCUT2D eigenvalue weighted by Crippen LogP contribution is -2.48. The van der Waals surface area contributed by atoms with Gasteiger partial charge in [0.15, 0.2) is 5.03 Å². The number of carbonyl (C=O) groups is 1. The normalized spacial score (nSPS) is 20.1. The summed E-state index contributed by atoms with van der Waals surface area (Å²) in [5.41, 5.74) is 0.233. The molecule has 2 aromatic rings. The smallest absolute Gasteiger partial charge is 0.410 e. The van der Waals surface area contributed by atoms with Gasteiger partial charge in [-0.1, -0.05) is 43.7 Å². The van der Waals surface area contributed by atoms with Gasteiger partial charge in [-0.15, -0.1) is 0 Å². The second-order valence-electron chi connectivity index (χ2n) is 10.2. The maximum atomic E-state index is 13.4. The highest BCUT2D eigenvalue weighted by molar-refractivity contribution is 7.89. The maximum absolute atomic E-state index is 13.4. The second-order valence-corrected chi connectivity index (χ2v) is 12.1. The number of imidazole rings is 1. The van der Waals surface area contributed by atoms with E-state index in [1.54, 1.807) is 37.3 Å². The van der Waals surface area contributed by atoms with Crippen molar-refractivity contribution in [2.45, 2.75) is 75.6 Å². The number of nitrogens with zero attached hydrogens (tertiary/aromatic N) is 4. The van der Waals surface area contributed by atoms with Gasteiger partial charge in [0.25, 0.3) is 10.0 Å². The number of aliphatic hydroxyl groups is 1. The Kier molecular flexibility index (Phi) is 8.61. The summed E-state index contributed by atoms with van der Waals surface area (Å²) in [4.78, 5) is 19.0. The molecule has 1 fully saturated rings. The Morgan fingerprint density at radius 2 is 1.91 bits per heavy atom. The number of hydrogen-bond acceptors (Lipinski definition) is 6. The summed E-state index contributed by atoms with van der Waals surface area (Å²) in [7, 11) is -2.13. The molecule has 9 nitrogen and oxygen atoms in total. The number of aromatic nitrogens is 2. The van der Waals surface area contributed by atoms with Crippen molar-refractivity contribution in [3.63, 3.8) is 0 Å². The van der Waals surface area contributed by atoms with E-state index in [2.05, 4.69) is 4.98 Å². The summed E-state index contributed by atoms with van der Waals surface area (Å²) >= 11 is 0. The fourth-order valence-electron chi connectivity index (χ4n) is 4.42. The first kappa shape index (κ1) is 27.2. The maximum Gasteiger partial charge on any atom is 0.410 e. The summed E-state index contributed by atoms with van der Waals surface area (Å²) in [5.74, 6) is -0.259. The van der Waals surface area contributed by atoms with Crippen LogP contribution >= 0.6 is 0 Å². The number of sulfonamides is 1. The minimum absolute atomic E-state index is 0.0188. The predicted octanol–water partition coefficient (Wildman–Crippen LogP) is 3.37. The van der Waals surface area contributed by atoms with Crippen molar-refractivity contribution < 1.29 is 23.1 Å². The highest BCUT2D eigenvalue weighted by Gasteiger charge is 2.45. The molecule has 1 aliphatic heterocycles. The van der Waals surface area contributed by atoms with E-state index in [-0.39, 0.29) is 30.6 Å². The van der Waals surface area contributed by atoms with Crippen LogP contribution in [0.5, 0.6) is 0 Å². The molecule has 0 saturated carbocycles. The molecule has 194 valence electrons. The summed E-state index contributed by atoms with van der Waals surface area (Å²) in [5, 5.41) is 10.4. The van der Waals surface area contributed by atoms with E-state index in [9.17, 15) is 18.3 Å². The van der Waals surface area contributed by atoms with Crippen LogP contribution < -0.4 is 0 Å². The molecule has 1 saturated heterocycles. The van der Waals surface area contributed by atoms with Gasteiger partial charge in [0.05, 0.1) is 18.5 Å². The number of aryl methyl sites for hydroxylation is 1. The van der Waals surface area contributed by atoms with E-state index in [1.807, 2.05) is 37.3 Å². The van der Waals surface area contributed by atoms with Crippen molar-refractivity contribution in [2.75, 3.05) is 19.6 Å². The number of hydrogen-bond donors (Lipinski definition) is 1. The van der Waals surface area contributed by atoms with Gasteiger partial charge in [0, 0.05) is 38.8 Å². The molecule has 3 rings (SSSR count). The average molecular weight is 507 g/mol. The van der Waals surface area contributed by atoms with Gasteiger partial charge in [-0.05, 0) is 39.2 Å². The Labute approximate surface area is 208 Å². The third kappa shape index (κ3) is 6.83. The van der Waals surface area contributed by atoms with E-state index in [0.717, 1.165) is 12.0 Å². The average Bonchev–Trinajstić information content (AvgIpc) is 3.41. The van der Waals surface area contributed by atoms with Crippen LogP contribution in [0, 0.1) is 0 Å². The third-order valence-corrected chi connectivity index (χ3v) is 7.84. The predicted molar refractivity (Wildman–Crippen MR) is 133 cm³/mol. The van der Waals surface area contributed by atoms with Crippen LogP contribution in [0.2, 0.25) is 0 Å². The lowest BCUT2D eigenvalue weighted by molar-refractivity contribution is 0.0122. The molecule has 2 heterocycles. The van der Waals surface area contributed by atoms with E-state index in [1.165, 1.54) is 16.8 Å². The number of aliphatic hydroxyl groups excluding tert-OH is 1. The van der Waals surface area contributed by atoms with Gasteiger partial charge in [-0.3, -0.25) is 0 Å². The first-order valence-electron chi connectivity index (χ1n) is 12.1. The molecule has 0 aliphatic carbocycles. The van der Waals surface area contributed by atoms with E-state index < -0.39 is 33.9 Å². The summed E-state index contributed by atoms with van der Waals surface area (Å²) < 4.78 is 35.6. The molecule has 0 spiro atoms. The lowest BCUT2D eigenvalue weighted by atomic mass is 9.93. The number of rotatable bonds is 9. The molecule has 0 bridgehead atoms. The van der Waals surface area contributed by atoms with Crippen LogP contribution in [-0.2, 0) is 21.8 Å². The molecule has 1 aliphatic rings. The van der Waals surface area contributed by atoms with E-state index in [0.29, 0.717) is 12.8 Å². The Morgan fingerprint density at radius 1 is 1.23 bits per heavy atom. The first-order valence-corrected chi connectivity index (χ1v) is 13.6. The van der Waals surface area contributed by atoms with Gasteiger partial charge in [-0.2, -0.15) is 4.31 Å². The van der Waals surface area contributed by atoms with Crippen molar-refractivity contribution in [1.29, 1.82) is 0 Å². The number of benzene rings is 1. The summed E-state index contributed by atoms with van der Waals surface area (Å²) in [6.45, 7) is 7.99. The minimum atomic E-state index is -3.85. The zero-order valence-electron chi connectivity index (χ0n) is 21.3. The molecule has 1 aromatic carbocycles. The Morgan fingerprint density at radius 3 is 2.49 bits per heavy atom. The van der Waals surface area contributed by atoms with Crippen molar-refractivity contribution in [2.24, 2.45) is 7.05 Å². The largest absolute Gasteiger partial charge is 0.444 e. The first-order chi connectivity index (χ1) is 16.4. The number of ether oxygens (including phenoxy) is 1. The quantitative estimate of drug-likeness (QED) is 0.559. The molecule has 35 heavy (non-hydrogen) atoms. The molecule has 1 N–H and O–H groups in total. The molecule has 1 unspecified atom stereocenters. The lowest BCUT2D eigenvalue weighted by Gasteiger charge is -2.34. The van der Waals surface area contributed by atoms with Crippen molar-refractivity contribution in [1.82, 2.24) is 18.8 Å². The van der Waals surface area contributed by atoms with Crippen LogP contribution in [-0.4, -0.2) is 75.8 Å². The number of amides is 1. The van der Waals surface area contributed by atoms with Gasteiger partial charge in [0.1, 0.15) is 5.60 Å². The Balaban J connectivity index is 1.97. The van der Waals surface area contributed by atoms with Crippen LogP contribution in [0.15, 0.2) is 47.9 Å².